The maximum atomic E-state index is 12.2. The Morgan fingerprint density at radius 2 is 1.85 bits per heavy atom. The van der Waals surface area contributed by atoms with Crippen molar-refractivity contribution in [3.05, 3.63) is 64.1 Å². The molecule has 1 N–H and O–H groups in total. The lowest BCUT2D eigenvalue weighted by molar-refractivity contribution is -0.0142. The van der Waals surface area contributed by atoms with Crippen LogP contribution in [-0.4, -0.2) is 22.6 Å². The largest absolute Gasteiger partial charge is 0.472 e. The Hall–Kier alpha value is -1.85. The van der Waals surface area contributed by atoms with E-state index in [1.165, 1.54) is 4.90 Å². The second kappa shape index (κ2) is 5.26. The number of hydrogen-bond donors (Lipinski definition) is 1. The SMILES string of the molecule is O=C1c2ccccc2C(O)N1COc1ccccc1Br. The van der Waals surface area contributed by atoms with E-state index in [-0.39, 0.29) is 12.6 Å². The fourth-order valence-electron chi connectivity index (χ4n) is 2.18. The van der Waals surface area contributed by atoms with E-state index in [2.05, 4.69) is 15.9 Å². The molecule has 3 rings (SSSR count). The summed E-state index contributed by atoms with van der Waals surface area (Å²) in [5.74, 6) is 0.406. The van der Waals surface area contributed by atoms with E-state index < -0.39 is 6.23 Å². The third-order valence-electron chi connectivity index (χ3n) is 3.22. The Kier molecular flexibility index (Phi) is 3.46. The van der Waals surface area contributed by atoms with Crippen LogP contribution >= 0.6 is 15.9 Å². The Morgan fingerprint density at radius 3 is 2.60 bits per heavy atom. The topological polar surface area (TPSA) is 49.8 Å². The Balaban J connectivity index is 1.77. The molecule has 0 aromatic heterocycles. The average molecular weight is 334 g/mol. The number of nitrogens with zero attached hydrogens (tertiary/aromatic N) is 1. The number of aliphatic hydroxyl groups excluding tert-OH is 1. The lowest BCUT2D eigenvalue weighted by Crippen LogP contribution is -2.31. The maximum absolute atomic E-state index is 12.2. The van der Waals surface area contributed by atoms with Gasteiger partial charge < -0.3 is 9.84 Å². The van der Waals surface area contributed by atoms with Crippen LogP contribution in [-0.2, 0) is 0 Å². The third-order valence-corrected chi connectivity index (χ3v) is 3.88. The first-order chi connectivity index (χ1) is 9.68. The summed E-state index contributed by atoms with van der Waals surface area (Å²) in [6.45, 7) is -0.00269. The number of para-hydroxylation sites is 1. The van der Waals surface area contributed by atoms with Gasteiger partial charge in [0.2, 0.25) is 0 Å². The van der Waals surface area contributed by atoms with Gasteiger partial charge in [-0.05, 0) is 34.1 Å². The van der Waals surface area contributed by atoms with Crippen LogP contribution in [0, 0.1) is 0 Å². The number of benzene rings is 2. The van der Waals surface area contributed by atoms with Gasteiger partial charge in [0.25, 0.3) is 5.91 Å². The normalized spacial score (nSPS) is 17.2. The van der Waals surface area contributed by atoms with Gasteiger partial charge in [0, 0.05) is 11.1 Å². The number of carbonyl (C=O) groups excluding carboxylic acids is 1. The number of ether oxygens (including phenoxy) is 1. The quantitative estimate of drug-likeness (QED) is 0.939. The highest BCUT2D eigenvalue weighted by Gasteiger charge is 2.35. The highest BCUT2D eigenvalue weighted by atomic mass is 79.9. The Labute approximate surface area is 124 Å². The smallest absolute Gasteiger partial charge is 0.259 e. The van der Waals surface area contributed by atoms with Gasteiger partial charge in [-0.2, -0.15) is 0 Å². The molecule has 0 aliphatic carbocycles. The molecule has 0 saturated carbocycles. The molecule has 102 valence electrons. The molecule has 0 bridgehead atoms. The van der Waals surface area contributed by atoms with Crippen LogP contribution in [0.25, 0.3) is 0 Å². The van der Waals surface area contributed by atoms with Gasteiger partial charge in [-0.25, -0.2) is 0 Å². The van der Waals surface area contributed by atoms with Gasteiger partial charge >= 0.3 is 0 Å². The van der Waals surface area contributed by atoms with Crippen molar-refractivity contribution >= 4 is 21.8 Å². The van der Waals surface area contributed by atoms with Crippen LogP contribution in [0.5, 0.6) is 5.75 Å². The molecular weight excluding hydrogens is 322 g/mol. The van der Waals surface area contributed by atoms with E-state index in [1.807, 2.05) is 18.2 Å². The van der Waals surface area contributed by atoms with Crippen molar-refractivity contribution in [1.29, 1.82) is 0 Å². The lowest BCUT2D eigenvalue weighted by Gasteiger charge is -2.21. The number of aliphatic hydroxyl groups is 1. The molecule has 1 atom stereocenters. The minimum absolute atomic E-state index is 0.00269. The lowest BCUT2D eigenvalue weighted by atomic mass is 10.1. The van der Waals surface area contributed by atoms with Gasteiger partial charge in [0.1, 0.15) is 5.75 Å². The molecule has 0 fully saturated rings. The van der Waals surface area contributed by atoms with Gasteiger partial charge in [-0.15, -0.1) is 0 Å². The van der Waals surface area contributed by atoms with Crippen molar-refractivity contribution in [2.24, 2.45) is 0 Å². The molecule has 5 heteroatoms. The monoisotopic (exact) mass is 333 g/mol. The first kappa shape index (κ1) is 13.1. The second-order valence-electron chi connectivity index (χ2n) is 4.44. The number of carbonyl (C=O) groups is 1. The minimum Gasteiger partial charge on any atom is -0.472 e. The van der Waals surface area contributed by atoms with Gasteiger partial charge in [-0.3, -0.25) is 9.69 Å². The van der Waals surface area contributed by atoms with Gasteiger partial charge in [-0.1, -0.05) is 30.3 Å². The number of rotatable bonds is 3. The van der Waals surface area contributed by atoms with Crippen LogP contribution in [0.2, 0.25) is 0 Å². The Bertz CT molecular complexity index is 659. The van der Waals surface area contributed by atoms with E-state index in [9.17, 15) is 9.90 Å². The number of hydrogen-bond acceptors (Lipinski definition) is 3. The molecule has 1 aliphatic rings. The zero-order valence-corrected chi connectivity index (χ0v) is 12.1. The van der Waals surface area contributed by atoms with Crippen LogP contribution < -0.4 is 4.74 Å². The summed E-state index contributed by atoms with van der Waals surface area (Å²) in [7, 11) is 0. The van der Waals surface area contributed by atoms with Gasteiger partial charge in [0.15, 0.2) is 13.0 Å². The van der Waals surface area contributed by atoms with Crippen molar-refractivity contribution in [2.75, 3.05) is 6.73 Å². The molecule has 4 nitrogen and oxygen atoms in total. The standard InChI is InChI=1S/C15H12BrNO3/c16-12-7-3-4-8-13(12)20-9-17-14(18)10-5-1-2-6-11(10)15(17)19/h1-8,14,18H,9H2. The van der Waals surface area contributed by atoms with E-state index >= 15 is 0 Å². The van der Waals surface area contributed by atoms with E-state index in [0.29, 0.717) is 16.9 Å². The molecule has 1 unspecified atom stereocenters. The van der Waals surface area contributed by atoms with Crippen LogP contribution in [0.15, 0.2) is 53.0 Å². The predicted molar refractivity (Wildman–Crippen MR) is 77.2 cm³/mol. The summed E-state index contributed by atoms with van der Waals surface area (Å²) in [6.07, 6.45) is -0.957. The fraction of sp³-hybridized carbons (Fsp3) is 0.133. The zero-order valence-electron chi connectivity index (χ0n) is 10.5. The van der Waals surface area contributed by atoms with E-state index in [4.69, 9.17) is 4.74 Å². The van der Waals surface area contributed by atoms with Gasteiger partial charge in [0.05, 0.1) is 4.47 Å². The van der Waals surface area contributed by atoms with Crippen molar-refractivity contribution in [2.45, 2.75) is 6.23 Å². The molecular formula is C15H12BrNO3. The summed E-state index contributed by atoms with van der Waals surface area (Å²) in [6, 6.07) is 14.4. The molecule has 1 heterocycles. The summed E-state index contributed by atoms with van der Waals surface area (Å²) in [5.41, 5.74) is 1.14. The number of amides is 1. The van der Waals surface area contributed by atoms with Crippen molar-refractivity contribution in [3.63, 3.8) is 0 Å². The van der Waals surface area contributed by atoms with Crippen molar-refractivity contribution in [3.8, 4) is 5.75 Å². The predicted octanol–water partition coefficient (Wildman–Crippen LogP) is 2.93. The van der Waals surface area contributed by atoms with Crippen LogP contribution in [0.1, 0.15) is 22.1 Å². The number of fused-ring (bicyclic) bond motifs is 1. The maximum Gasteiger partial charge on any atom is 0.259 e. The number of halogens is 1. The second-order valence-corrected chi connectivity index (χ2v) is 5.29. The molecule has 1 aliphatic heterocycles. The van der Waals surface area contributed by atoms with Crippen molar-refractivity contribution < 1.29 is 14.6 Å². The van der Waals surface area contributed by atoms with Crippen molar-refractivity contribution in [1.82, 2.24) is 4.90 Å². The molecule has 0 radical (unpaired) electrons. The van der Waals surface area contributed by atoms with Crippen LogP contribution in [0.3, 0.4) is 0 Å². The average Bonchev–Trinajstić information content (AvgIpc) is 2.71. The molecule has 2 aromatic rings. The zero-order chi connectivity index (χ0) is 14.1. The molecule has 0 saturated heterocycles. The van der Waals surface area contributed by atoms with E-state index in [1.54, 1.807) is 30.3 Å². The van der Waals surface area contributed by atoms with Crippen LogP contribution in [0.4, 0.5) is 0 Å². The van der Waals surface area contributed by atoms with E-state index in [0.717, 1.165) is 4.47 Å². The fourth-order valence-corrected chi connectivity index (χ4v) is 2.58. The first-order valence-electron chi connectivity index (χ1n) is 6.14. The highest BCUT2D eigenvalue weighted by Crippen LogP contribution is 2.32. The molecule has 1 amide bonds. The third kappa shape index (κ3) is 2.19. The molecule has 0 spiro atoms. The summed E-state index contributed by atoms with van der Waals surface area (Å²) < 4.78 is 6.40. The summed E-state index contributed by atoms with van der Waals surface area (Å²) in [5, 5.41) is 10.2. The summed E-state index contributed by atoms with van der Waals surface area (Å²) in [4.78, 5) is 13.5. The summed E-state index contributed by atoms with van der Waals surface area (Å²) >= 11 is 3.37. The molecule has 20 heavy (non-hydrogen) atoms. The minimum atomic E-state index is -0.957. The Morgan fingerprint density at radius 1 is 1.15 bits per heavy atom. The first-order valence-corrected chi connectivity index (χ1v) is 6.93. The molecule has 2 aromatic carbocycles. The highest BCUT2D eigenvalue weighted by molar-refractivity contribution is 9.10.